The number of nitrogens with one attached hydrogen (secondary N) is 1. The van der Waals surface area contributed by atoms with Crippen LogP contribution in [-0.2, 0) is 0 Å². The molecule has 0 aliphatic heterocycles. The van der Waals surface area contributed by atoms with Gasteiger partial charge in [-0.15, -0.1) is 5.10 Å². The van der Waals surface area contributed by atoms with E-state index >= 15 is 0 Å². The molecule has 0 fully saturated rings. The van der Waals surface area contributed by atoms with Crippen molar-refractivity contribution in [1.29, 1.82) is 0 Å². The average Bonchev–Trinajstić information content (AvgIpc) is 2.73. The first-order valence-corrected chi connectivity index (χ1v) is 6.87. The SMILES string of the molecule is Cc1nc(SC(CN)c2ccc(Br)cc2)n[nH]1. The molecule has 2 rings (SSSR count). The lowest BCUT2D eigenvalue weighted by molar-refractivity contribution is 0.913. The quantitative estimate of drug-likeness (QED) is 0.852. The number of thioether (sulfide) groups is 1. The standard InChI is InChI=1S/C11H13BrN4S/c1-7-14-11(16-15-7)17-10(6-13)8-2-4-9(12)5-3-8/h2-5,10H,6,13H2,1H3,(H,14,15,16). The van der Waals surface area contributed by atoms with Gasteiger partial charge >= 0.3 is 0 Å². The summed E-state index contributed by atoms with van der Waals surface area (Å²) in [5.74, 6) is 0.819. The molecule has 6 heteroatoms. The van der Waals surface area contributed by atoms with Gasteiger partial charge in [0.2, 0.25) is 5.16 Å². The molecule has 0 amide bonds. The lowest BCUT2D eigenvalue weighted by Crippen LogP contribution is -2.09. The van der Waals surface area contributed by atoms with Gasteiger partial charge in [-0.25, -0.2) is 4.98 Å². The van der Waals surface area contributed by atoms with Crippen molar-refractivity contribution in [3.05, 3.63) is 40.1 Å². The van der Waals surface area contributed by atoms with E-state index in [1.165, 1.54) is 5.56 Å². The monoisotopic (exact) mass is 312 g/mol. The van der Waals surface area contributed by atoms with Crippen LogP contribution in [0.25, 0.3) is 0 Å². The number of aryl methyl sites for hydroxylation is 1. The summed E-state index contributed by atoms with van der Waals surface area (Å²) in [6, 6.07) is 8.16. The molecule has 90 valence electrons. The lowest BCUT2D eigenvalue weighted by atomic mass is 10.1. The summed E-state index contributed by atoms with van der Waals surface area (Å²) in [6.07, 6.45) is 0. The average molecular weight is 313 g/mol. The van der Waals surface area contributed by atoms with Gasteiger partial charge in [0.1, 0.15) is 5.82 Å². The smallest absolute Gasteiger partial charge is 0.209 e. The van der Waals surface area contributed by atoms with E-state index in [1.54, 1.807) is 11.8 Å². The molecule has 17 heavy (non-hydrogen) atoms. The molecule has 0 aliphatic rings. The first-order valence-electron chi connectivity index (χ1n) is 5.20. The second-order valence-corrected chi connectivity index (χ2v) is 5.68. The zero-order chi connectivity index (χ0) is 12.3. The van der Waals surface area contributed by atoms with Crippen LogP contribution in [0.1, 0.15) is 16.6 Å². The van der Waals surface area contributed by atoms with Crippen molar-refractivity contribution in [2.75, 3.05) is 6.54 Å². The van der Waals surface area contributed by atoms with Crippen LogP contribution in [0.4, 0.5) is 0 Å². The van der Waals surface area contributed by atoms with Gasteiger partial charge in [-0.1, -0.05) is 39.8 Å². The first-order chi connectivity index (χ1) is 8.19. The van der Waals surface area contributed by atoms with Gasteiger partial charge in [0.05, 0.1) is 0 Å². The van der Waals surface area contributed by atoms with Gasteiger partial charge in [-0.05, 0) is 24.6 Å². The maximum absolute atomic E-state index is 5.80. The zero-order valence-electron chi connectivity index (χ0n) is 9.35. The maximum atomic E-state index is 5.80. The molecule has 1 unspecified atom stereocenters. The number of halogens is 1. The Morgan fingerprint density at radius 2 is 2.12 bits per heavy atom. The highest BCUT2D eigenvalue weighted by Crippen LogP contribution is 2.32. The van der Waals surface area contributed by atoms with Crippen LogP contribution in [0.15, 0.2) is 33.9 Å². The molecule has 1 aromatic heterocycles. The van der Waals surface area contributed by atoms with Gasteiger partial charge in [-0.3, -0.25) is 5.10 Å². The molecule has 2 aromatic rings. The number of rotatable bonds is 4. The summed E-state index contributed by atoms with van der Waals surface area (Å²) in [5.41, 5.74) is 6.98. The maximum Gasteiger partial charge on any atom is 0.209 e. The van der Waals surface area contributed by atoms with Crippen LogP contribution < -0.4 is 5.73 Å². The van der Waals surface area contributed by atoms with Crippen molar-refractivity contribution in [1.82, 2.24) is 15.2 Å². The molecule has 0 saturated carbocycles. The fourth-order valence-electron chi connectivity index (χ4n) is 1.43. The minimum atomic E-state index is 0.179. The second kappa shape index (κ2) is 5.66. The third-order valence-corrected chi connectivity index (χ3v) is 3.95. The topological polar surface area (TPSA) is 67.6 Å². The number of aromatic amines is 1. The minimum Gasteiger partial charge on any atom is -0.329 e. The van der Waals surface area contributed by atoms with Crippen molar-refractivity contribution in [2.24, 2.45) is 5.73 Å². The van der Waals surface area contributed by atoms with Gasteiger partial charge < -0.3 is 5.73 Å². The van der Waals surface area contributed by atoms with E-state index in [-0.39, 0.29) is 5.25 Å². The molecular weight excluding hydrogens is 300 g/mol. The van der Waals surface area contributed by atoms with E-state index in [4.69, 9.17) is 5.73 Å². The fourth-order valence-corrected chi connectivity index (χ4v) is 2.63. The van der Waals surface area contributed by atoms with Gasteiger partial charge in [0, 0.05) is 16.3 Å². The van der Waals surface area contributed by atoms with E-state index in [0.717, 1.165) is 15.5 Å². The number of H-pyrrole nitrogens is 1. The molecule has 3 N–H and O–H groups in total. The summed E-state index contributed by atoms with van der Waals surface area (Å²) >= 11 is 4.99. The Morgan fingerprint density at radius 3 is 2.65 bits per heavy atom. The minimum absolute atomic E-state index is 0.179. The molecule has 4 nitrogen and oxygen atoms in total. The van der Waals surface area contributed by atoms with Gasteiger partial charge in [0.25, 0.3) is 0 Å². The molecule has 0 spiro atoms. The molecule has 1 aromatic carbocycles. The number of benzene rings is 1. The fraction of sp³-hybridized carbons (Fsp3) is 0.273. The van der Waals surface area contributed by atoms with Crippen LogP contribution in [0, 0.1) is 6.92 Å². The van der Waals surface area contributed by atoms with E-state index in [0.29, 0.717) is 6.54 Å². The highest BCUT2D eigenvalue weighted by molar-refractivity contribution is 9.10. The Balaban J connectivity index is 2.13. The molecule has 1 heterocycles. The Hall–Kier alpha value is -0.850. The predicted molar refractivity (Wildman–Crippen MR) is 72.9 cm³/mol. The Bertz CT molecular complexity index is 482. The van der Waals surface area contributed by atoms with Crippen molar-refractivity contribution in [2.45, 2.75) is 17.3 Å². The van der Waals surface area contributed by atoms with Crippen molar-refractivity contribution in [3.8, 4) is 0 Å². The molecular formula is C11H13BrN4S. The summed E-state index contributed by atoms with van der Waals surface area (Å²) in [4.78, 5) is 4.27. The predicted octanol–water partition coefficient (Wildman–Crippen LogP) is 2.67. The van der Waals surface area contributed by atoms with Crippen LogP contribution in [0.2, 0.25) is 0 Å². The van der Waals surface area contributed by atoms with Crippen molar-refractivity contribution >= 4 is 27.7 Å². The van der Waals surface area contributed by atoms with E-state index in [9.17, 15) is 0 Å². The third kappa shape index (κ3) is 3.31. The molecule has 0 saturated heterocycles. The van der Waals surface area contributed by atoms with Gasteiger partial charge in [0.15, 0.2) is 0 Å². The van der Waals surface area contributed by atoms with Crippen LogP contribution >= 0.6 is 27.7 Å². The Labute approximate surface area is 113 Å². The van der Waals surface area contributed by atoms with Crippen molar-refractivity contribution in [3.63, 3.8) is 0 Å². The lowest BCUT2D eigenvalue weighted by Gasteiger charge is -2.12. The number of hydrogen-bond donors (Lipinski definition) is 2. The highest BCUT2D eigenvalue weighted by atomic mass is 79.9. The molecule has 0 bridgehead atoms. The summed E-state index contributed by atoms with van der Waals surface area (Å²) < 4.78 is 1.07. The number of aromatic nitrogens is 3. The van der Waals surface area contributed by atoms with Crippen LogP contribution in [-0.4, -0.2) is 21.7 Å². The van der Waals surface area contributed by atoms with E-state index in [2.05, 4.69) is 43.2 Å². The highest BCUT2D eigenvalue weighted by Gasteiger charge is 2.13. The third-order valence-electron chi connectivity index (χ3n) is 2.28. The molecule has 0 radical (unpaired) electrons. The Morgan fingerprint density at radius 1 is 1.41 bits per heavy atom. The molecule has 0 aliphatic carbocycles. The Kier molecular flexibility index (Phi) is 4.20. The number of nitrogens with zero attached hydrogens (tertiary/aromatic N) is 2. The zero-order valence-corrected chi connectivity index (χ0v) is 11.8. The summed E-state index contributed by atoms with van der Waals surface area (Å²) in [5, 5.41) is 7.85. The van der Waals surface area contributed by atoms with Gasteiger partial charge in [-0.2, -0.15) is 0 Å². The summed E-state index contributed by atoms with van der Waals surface area (Å²) in [6.45, 7) is 2.44. The number of nitrogens with two attached hydrogens (primary N) is 1. The van der Waals surface area contributed by atoms with E-state index < -0.39 is 0 Å². The van der Waals surface area contributed by atoms with Crippen LogP contribution in [0.5, 0.6) is 0 Å². The normalized spacial score (nSPS) is 12.6. The second-order valence-electron chi connectivity index (χ2n) is 3.60. The largest absolute Gasteiger partial charge is 0.329 e. The molecule has 1 atom stereocenters. The van der Waals surface area contributed by atoms with Crippen LogP contribution in [0.3, 0.4) is 0 Å². The number of hydrogen-bond acceptors (Lipinski definition) is 4. The van der Waals surface area contributed by atoms with Crippen molar-refractivity contribution < 1.29 is 0 Å². The van der Waals surface area contributed by atoms with E-state index in [1.807, 2.05) is 19.1 Å². The first kappa shape index (κ1) is 12.6. The summed E-state index contributed by atoms with van der Waals surface area (Å²) in [7, 11) is 0.